The first-order valence-corrected chi connectivity index (χ1v) is 20.4. The number of nitrogens with one attached hydrogen (secondary N) is 2. The van der Waals surface area contributed by atoms with E-state index in [0.717, 1.165) is 66.1 Å². The summed E-state index contributed by atoms with van der Waals surface area (Å²) in [6.07, 6.45) is 5.11. The highest BCUT2D eigenvalue weighted by atomic mass is 35.5. The number of H-pyrrole nitrogens is 2. The SMILES string of the molecule is CN.COC(N)=O.COC=O.COCCCC(=O)N1CCCC1c1nc(-c2ccc(-c3ccc(-c4nc(C5CC[C@@H](C)N5C(=O)CCCOC)[nH]c4Cl)cc3)cc2)c(Cl)[nH]1. The molecule has 328 valence electrons. The molecule has 4 heterocycles. The van der Waals surface area contributed by atoms with Crippen LogP contribution >= 0.6 is 23.2 Å². The molecule has 0 aliphatic carbocycles. The number of carbonyl (C=O) groups is 4. The highest BCUT2D eigenvalue weighted by Crippen LogP contribution is 2.39. The Morgan fingerprint density at radius 1 is 0.750 bits per heavy atom. The summed E-state index contributed by atoms with van der Waals surface area (Å²) in [5.74, 6) is 1.68. The standard InChI is InChI=1S/C37H44Cl2N6O4.C2H5NO2.C2H4O2.CH5N/c1-23-10-19-29(45(23)31(47)9-6-22-49-3)37-41-33(35(39)43-37)27-17-13-25(14-18-27)24-11-15-26(16-12-24)32-34(38)42-36(40-32)28-7-4-20-44(28)30(46)8-5-21-48-2;1-5-2(3)4;1-4-2-3;1-2/h11-18,23,28-29H,4-10,19-22H2,1-3H3,(H,40,42)(H,41,43);1H3,(H2,3,4);2H,1H3;2H2,1H3/t23-,28?,29?;;;/m1.../s1. The number of benzene rings is 2. The molecule has 0 bridgehead atoms. The number of imidazole rings is 2. The number of aromatic nitrogens is 4. The number of rotatable bonds is 14. The minimum atomic E-state index is -0.745. The van der Waals surface area contributed by atoms with Crippen molar-refractivity contribution in [3.05, 3.63) is 70.5 Å². The summed E-state index contributed by atoms with van der Waals surface area (Å²) in [7, 11) is 7.33. The van der Waals surface area contributed by atoms with E-state index in [9.17, 15) is 14.4 Å². The van der Waals surface area contributed by atoms with Gasteiger partial charge >= 0.3 is 6.09 Å². The molecule has 6 rings (SSSR count). The summed E-state index contributed by atoms with van der Waals surface area (Å²) >= 11 is 13.3. The number of nitrogens with two attached hydrogens (primary N) is 2. The maximum Gasteiger partial charge on any atom is 0.404 e. The number of halogens is 2. The van der Waals surface area contributed by atoms with Crippen molar-refractivity contribution in [2.75, 3.05) is 55.2 Å². The molecule has 2 fully saturated rings. The summed E-state index contributed by atoms with van der Waals surface area (Å²) in [5, 5.41) is 0.927. The molecule has 0 spiro atoms. The molecule has 3 amide bonds. The molecule has 16 nitrogen and oxygen atoms in total. The number of carbonyl (C=O) groups excluding carboxylic acids is 4. The molecule has 0 saturated carbocycles. The fraction of sp³-hybridized carbons (Fsp3) is 0.476. The Morgan fingerprint density at radius 3 is 1.62 bits per heavy atom. The van der Waals surface area contributed by atoms with Crippen LogP contribution in [0.2, 0.25) is 10.3 Å². The third-order valence-electron chi connectivity index (χ3n) is 9.94. The van der Waals surface area contributed by atoms with E-state index in [0.29, 0.717) is 67.1 Å². The number of nitrogens with zero attached hydrogens (tertiary/aromatic N) is 4. The topological polar surface area (TPSA) is 221 Å². The van der Waals surface area contributed by atoms with Crippen molar-refractivity contribution in [3.8, 4) is 33.6 Å². The molecular formula is C42H58Cl2N8O8. The second-order valence-electron chi connectivity index (χ2n) is 13.8. The average Bonchev–Trinajstić information content (AvgIpc) is 4.08. The first-order chi connectivity index (χ1) is 29.0. The first-order valence-electron chi connectivity index (χ1n) is 19.7. The van der Waals surface area contributed by atoms with E-state index >= 15 is 0 Å². The summed E-state index contributed by atoms with van der Waals surface area (Å²) in [6.45, 7) is 4.32. The van der Waals surface area contributed by atoms with E-state index in [-0.39, 0.29) is 29.9 Å². The number of aromatic amines is 2. The zero-order valence-corrected chi connectivity index (χ0v) is 36.7. The zero-order valence-electron chi connectivity index (χ0n) is 35.2. The number of amides is 3. The van der Waals surface area contributed by atoms with Crippen LogP contribution < -0.4 is 11.5 Å². The molecule has 60 heavy (non-hydrogen) atoms. The van der Waals surface area contributed by atoms with Gasteiger partial charge in [-0.3, -0.25) is 14.4 Å². The minimum absolute atomic E-state index is 0.104. The Labute approximate surface area is 361 Å². The number of ether oxygens (including phenoxy) is 4. The smallest absolute Gasteiger partial charge is 0.404 e. The van der Waals surface area contributed by atoms with Crippen molar-refractivity contribution < 1.29 is 38.1 Å². The van der Waals surface area contributed by atoms with Gasteiger partial charge in [0.15, 0.2) is 0 Å². The van der Waals surface area contributed by atoms with Crippen molar-refractivity contribution in [1.82, 2.24) is 29.7 Å². The number of primary amides is 1. The van der Waals surface area contributed by atoms with E-state index < -0.39 is 6.09 Å². The lowest BCUT2D eigenvalue weighted by atomic mass is 10.0. The van der Waals surface area contributed by atoms with E-state index in [1.165, 1.54) is 21.3 Å². The maximum atomic E-state index is 13.1. The van der Waals surface area contributed by atoms with Gasteiger partial charge in [-0.05, 0) is 63.6 Å². The fourth-order valence-corrected chi connectivity index (χ4v) is 7.60. The van der Waals surface area contributed by atoms with Gasteiger partial charge < -0.3 is 50.2 Å². The normalized spacial score (nSPS) is 16.7. The van der Waals surface area contributed by atoms with Gasteiger partial charge in [-0.25, -0.2) is 14.8 Å². The van der Waals surface area contributed by atoms with Crippen LogP contribution in [0.25, 0.3) is 33.6 Å². The lowest BCUT2D eigenvalue weighted by Gasteiger charge is -2.27. The van der Waals surface area contributed by atoms with Crippen molar-refractivity contribution in [3.63, 3.8) is 0 Å². The van der Waals surface area contributed by atoms with Gasteiger partial charge in [0.1, 0.15) is 33.3 Å². The molecule has 2 saturated heterocycles. The predicted octanol–water partition coefficient (Wildman–Crippen LogP) is 7.08. The summed E-state index contributed by atoms with van der Waals surface area (Å²) in [4.78, 5) is 64.4. The number of hydrogen-bond donors (Lipinski definition) is 4. The Bertz CT molecular complexity index is 1940. The summed E-state index contributed by atoms with van der Waals surface area (Å²) in [6, 6.07) is 16.2. The van der Waals surface area contributed by atoms with Crippen LogP contribution in [-0.4, -0.2) is 115 Å². The van der Waals surface area contributed by atoms with Gasteiger partial charge in [0.05, 0.1) is 26.3 Å². The van der Waals surface area contributed by atoms with Crippen LogP contribution in [0.1, 0.15) is 82.0 Å². The number of likely N-dealkylation sites (tertiary alicyclic amines) is 2. The molecule has 4 aromatic rings. The quantitative estimate of drug-likeness (QED) is 0.0740. The fourth-order valence-electron chi connectivity index (χ4n) is 7.11. The lowest BCUT2D eigenvalue weighted by Crippen LogP contribution is -2.36. The highest BCUT2D eigenvalue weighted by molar-refractivity contribution is 6.32. The Balaban J connectivity index is 0.000000783. The van der Waals surface area contributed by atoms with Gasteiger partial charge in [0.25, 0.3) is 6.47 Å². The molecule has 2 aromatic carbocycles. The predicted molar refractivity (Wildman–Crippen MR) is 231 cm³/mol. The van der Waals surface area contributed by atoms with Gasteiger partial charge in [-0.1, -0.05) is 71.7 Å². The molecule has 3 atom stereocenters. The molecule has 0 radical (unpaired) electrons. The second-order valence-corrected chi connectivity index (χ2v) is 14.5. The van der Waals surface area contributed by atoms with Gasteiger partial charge in [-0.15, -0.1) is 0 Å². The van der Waals surface area contributed by atoms with Crippen molar-refractivity contribution >= 4 is 47.6 Å². The molecule has 18 heteroatoms. The van der Waals surface area contributed by atoms with E-state index in [1.54, 1.807) is 14.2 Å². The Hall–Kier alpha value is -5.00. The molecule has 2 aromatic heterocycles. The summed E-state index contributed by atoms with van der Waals surface area (Å²) < 4.78 is 18.0. The molecule has 2 aliphatic rings. The lowest BCUT2D eigenvalue weighted by molar-refractivity contribution is -0.134. The van der Waals surface area contributed by atoms with Crippen LogP contribution in [0, 0.1) is 0 Å². The molecule has 2 unspecified atom stereocenters. The first kappa shape index (κ1) is 49.4. The molecule has 2 aliphatic heterocycles. The van der Waals surface area contributed by atoms with Crippen LogP contribution in [0.4, 0.5) is 4.79 Å². The third-order valence-corrected chi connectivity index (χ3v) is 10.5. The van der Waals surface area contributed by atoms with Gasteiger partial charge in [0, 0.05) is 64.0 Å². The summed E-state index contributed by atoms with van der Waals surface area (Å²) in [5.41, 5.74) is 14.2. The minimum Gasteiger partial charge on any atom is -0.471 e. The maximum absolute atomic E-state index is 13.1. The van der Waals surface area contributed by atoms with E-state index in [1.807, 2.05) is 34.1 Å². The third kappa shape index (κ3) is 13.5. The van der Waals surface area contributed by atoms with Gasteiger partial charge in [0.2, 0.25) is 11.8 Å². The Kier molecular flexibility index (Phi) is 21.0. The Morgan fingerprint density at radius 2 is 1.18 bits per heavy atom. The molecular weight excluding hydrogens is 815 g/mol. The number of methoxy groups -OCH3 is 4. The van der Waals surface area contributed by atoms with Crippen molar-refractivity contribution in [2.24, 2.45) is 11.5 Å². The van der Waals surface area contributed by atoms with Crippen LogP contribution in [0.3, 0.4) is 0 Å². The van der Waals surface area contributed by atoms with E-state index in [2.05, 4.69) is 62.1 Å². The van der Waals surface area contributed by atoms with Crippen molar-refractivity contribution in [1.29, 1.82) is 0 Å². The van der Waals surface area contributed by atoms with E-state index in [4.69, 9.17) is 47.4 Å². The van der Waals surface area contributed by atoms with Crippen molar-refractivity contribution in [2.45, 2.75) is 76.4 Å². The van der Waals surface area contributed by atoms with Crippen LogP contribution in [-0.2, 0) is 33.3 Å². The largest absolute Gasteiger partial charge is 0.471 e. The highest BCUT2D eigenvalue weighted by Gasteiger charge is 2.37. The average molecular weight is 874 g/mol. The van der Waals surface area contributed by atoms with Gasteiger partial charge in [-0.2, -0.15) is 0 Å². The van der Waals surface area contributed by atoms with Crippen LogP contribution in [0.5, 0.6) is 0 Å². The van der Waals surface area contributed by atoms with Crippen LogP contribution in [0.15, 0.2) is 48.5 Å². The second kappa shape index (κ2) is 25.6. The monoisotopic (exact) mass is 872 g/mol. The molecule has 6 N–H and O–H groups in total. The number of hydrogen-bond acceptors (Lipinski definition) is 11. The zero-order chi connectivity index (χ0) is 44.2.